The van der Waals surface area contributed by atoms with Crippen molar-refractivity contribution in [1.29, 1.82) is 0 Å². The van der Waals surface area contributed by atoms with E-state index in [1.54, 1.807) is 36.4 Å². The number of carbonyl (C=O) groups excluding carboxylic acids is 1. The molecule has 1 heterocycles. The van der Waals surface area contributed by atoms with Crippen LogP contribution >= 0.6 is 0 Å². The molecule has 0 bridgehead atoms. The molecule has 0 radical (unpaired) electrons. The molecule has 3 aromatic rings. The number of nitrogens with one attached hydrogen (secondary N) is 2. The Morgan fingerprint density at radius 1 is 1.03 bits per heavy atom. The highest BCUT2D eigenvalue weighted by Crippen LogP contribution is 2.24. The summed E-state index contributed by atoms with van der Waals surface area (Å²) in [7, 11) is -3.65. The van der Waals surface area contributed by atoms with Gasteiger partial charge in [-0.2, -0.15) is 0 Å². The van der Waals surface area contributed by atoms with Crippen LogP contribution in [0.25, 0.3) is 11.5 Å². The second-order valence-electron chi connectivity index (χ2n) is 7.15. The van der Waals surface area contributed by atoms with Crippen molar-refractivity contribution in [3.63, 3.8) is 0 Å². The summed E-state index contributed by atoms with van der Waals surface area (Å²) >= 11 is 0. The van der Waals surface area contributed by atoms with Gasteiger partial charge in [-0.05, 0) is 73.2 Å². The lowest BCUT2D eigenvalue weighted by Crippen LogP contribution is -2.28. The standard InChI is InChI=1S/C21H22N4O4S/c26-20(24-18-8-5-16(6-9-18)21-25-22-14-29-21)11-12-23-30(27,28)19-10-7-15-3-1-2-4-17(15)13-19/h5-10,13-14,23H,1-4,11-12H2,(H,24,26). The molecule has 0 aliphatic heterocycles. The molecule has 156 valence electrons. The fourth-order valence-corrected chi connectivity index (χ4v) is 4.56. The van der Waals surface area contributed by atoms with Gasteiger partial charge in [0.05, 0.1) is 4.90 Å². The van der Waals surface area contributed by atoms with Crippen molar-refractivity contribution in [1.82, 2.24) is 14.9 Å². The van der Waals surface area contributed by atoms with Crippen LogP contribution in [0.5, 0.6) is 0 Å². The van der Waals surface area contributed by atoms with Crippen molar-refractivity contribution in [2.24, 2.45) is 0 Å². The molecule has 0 saturated heterocycles. The summed E-state index contributed by atoms with van der Waals surface area (Å²) in [6.07, 6.45) is 5.41. The second kappa shape index (κ2) is 8.76. The van der Waals surface area contributed by atoms with Gasteiger partial charge >= 0.3 is 0 Å². The zero-order valence-electron chi connectivity index (χ0n) is 16.3. The van der Waals surface area contributed by atoms with Gasteiger partial charge in [0.1, 0.15) is 0 Å². The zero-order valence-corrected chi connectivity index (χ0v) is 17.1. The van der Waals surface area contributed by atoms with Gasteiger partial charge in [0, 0.05) is 24.2 Å². The molecule has 1 aliphatic carbocycles. The van der Waals surface area contributed by atoms with E-state index in [-0.39, 0.29) is 23.8 Å². The summed E-state index contributed by atoms with van der Waals surface area (Å²) in [6, 6.07) is 12.2. The van der Waals surface area contributed by atoms with Crippen molar-refractivity contribution in [2.75, 3.05) is 11.9 Å². The monoisotopic (exact) mass is 426 g/mol. The molecule has 0 saturated carbocycles. The molecule has 1 aromatic heterocycles. The number of sulfonamides is 1. The van der Waals surface area contributed by atoms with Gasteiger partial charge in [-0.25, -0.2) is 13.1 Å². The largest absolute Gasteiger partial charge is 0.423 e. The van der Waals surface area contributed by atoms with Crippen LogP contribution < -0.4 is 10.0 Å². The summed E-state index contributed by atoms with van der Waals surface area (Å²) in [5.41, 5.74) is 3.67. The number of amides is 1. The highest BCUT2D eigenvalue weighted by atomic mass is 32.2. The Hall–Kier alpha value is -3.04. The number of rotatable bonds is 7. The quantitative estimate of drug-likeness (QED) is 0.600. The summed E-state index contributed by atoms with van der Waals surface area (Å²) in [5.74, 6) is 0.109. The normalized spacial score (nSPS) is 13.6. The molecule has 4 rings (SSSR count). The smallest absolute Gasteiger partial charge is 0.247 e. The van der Waals surface area contributed by atoms with Crippen LogP contribution in [0.4, 0.5) is 5.69 Å². The number of aryl methyl sites for hydroxylation is 2. The Labute approximate surface area is 174 Å². The molecular formula is C21H22N4O4S. The van der Waals surface area contributed by atoms with Crippen LogP contribution in [0.2, 0.25) is 0 Å². The van der Waals surface area contributed by atoms with Crippen LogP contribution in [0, 0.1) is 0 Å². The predicted octanol–water partition coefficient (Wildman–Crippen LogP) is 2.92. The molecule has 9 heteroatoms. The number of fused-ring (bicyclic) bond motifs is 1. The maximum atomic E-state index is 12.5. The van der Waals surface area contributed by atoms with Crippen LogP contribution in [0.15, 0.2) is 58.2 Å². The topological polar surface area (TPSA) is 114 Å². The Bertz CT molecular complexity index is 1130. The average Bonchev–Trinajstić information content (AvgIpc) is 3.29. The van der Waals surface area contributed by atoms with Gasteiger partial charge in [0.25, 0.3) is 0 Å². The average molecular weight is 426 g/mol. The van der Waals surface area contributed by atoms with E-state index in [0.29, 0.717) is 11.6 Å². The van der Waals surface area contributed by atoms with Crippen LogP contribution in [-0.2, 0) is 27.7 Å². The van der Waals surface area contributed by atoms with Crippen molar-refractivity contribution in [3.05, 3.63) is 60.0 Å². The maximum Gasteiger partial charge on any atom is 0.247 e. The van der Waals surface area contributed by atoms with Crippen molar-refractivity contribution in [2.45, 2.75) is 37.0 Å². The van der Waals surface area contributed by atoms with Crippen LogP contribution in [0.3, 0.4) is 0 Å². The highest BCUT2D eigenvalue weighted by Gasteiger charge is 2.18. The maximum absolute atomic E-state index is 12.5. The van der Waals surface area contributed by atoms with Gasteiger partial charge in [0.15, 0.2) is 0 Å². The molecule has 2 N–H and O–H groups in total. The Kier molecular flexibility index (Phi) is 5.91. The Balaban J connectivity index is 1.29. The van der Waals surface area contributed by atoms with E-state index in [4.69, 9.17) is 4.42 Å². The van der Waals surface area contributed by atoms with E-state index >= 15 is 0 Å². The first-order chi connectivity index (χ1) is 14.5. The molecule has 2 aromatic carbocycles. The number of carbonyl (C=O) groups is 1. The molecular weight excluding hydrogens is 404 g/mol. The first-order valence-corrected chi connectivity index (χ1v) is 11.3. The van der Waals surface area contributed by atoms with Gasteiger partial charge < -0.3 is 9.73 Å². The molecule has 1 amide bonds. The van der Waals surface area contributed by atoms with Crippen molar-refractivity contribution >= 4 is 21.6 Å². The Morgan fingerprint density at radius 3 is 2.53 bits per heavy atom. The SMILES string of the molecule is O=C(CCNS(=O)(=O)c1ccc2c(c1)CCCC2)Nc1ccc(-c2nnco2)cc1. The van der Waals surface area contributed by atoms with E-state index in [1.807, 2.05) is 6.07 Å². The minimum Gasteiger partial charge on any atom is -0.423 e. The summed E-state index contributed by atoms with van der Waals surface area (Å²) in [4.78, 5) is 12.4. The van der Waals surface area contributed by atoms with Gasteiger partial charge in [-0.1, -0.05) is 6.07 Å². The van der Waals surface area contributed by atoms with E-state index in [1.165, 1.54) is 12.0 Å². The van der Waals surface area contributed by atoms with Crippen LogP contribution in [0.1, 0.15) is 30.4 Å². The van der Waals surface area contributed by atoms with Gasteiger partial charge in [0.2, 0.25) is 28.2 Å². The first kappa shape index (κ1) is 20.2. The first-order valence-electron chi connectivity index (χ1n) is 9.79. The van der Waals surface area contributed by atoms with Gasteiger partial charge in [-0.15, -0.1) is 10.2 Å². The van der Waals surface area contributed by atoms with Crippen molar-refractivity contribution in [3.8, 4) is 11.5 Å². The number of nitrogens with zero attached hydrogens (tertiary/aromatic N) is 2. The fraction of sp³-hybridized carbons (Fsp3) is 0.286. The number of hydrogen-bond acceptors (Lipinski definition) is 6. The van der Waals surface area contributed by atoms with E-state index < -0.39 is 10.0 Å². The number of benzene rings is 2. The highest BCUT2D eigenvalue weighted by molar-refractivity contribution is 7.89. The summed E-state index contributed by atoms with van der Waals surface area (Å²) in [6.45, 7) is 0.0192. The molecule has 0 spiro atoms. The molecule has 1 aliphatic rings. The third kappa shape index (κ3) is 4.74. The minimum absolute atomic E-state index is 0.0192. The third-order valence-electron chi connectivity index (χ3n) is 5.05. The van der Waals surface area contributed by atoms with Crippen LogP contribution in [-0.4, -0.2) is 31.1 Å². The summed E-state index contributed by atoms with van der Waals surface area (Å²) in [5, 5.41) is 10.2. The lowest BCUT2D eigenvalue weighted by molar-refractivity contribution is -0.116. The lowest BCUT2D eigenvalue weighted by atomic mass is 9.92. The molecule has 8 nitrogen and oxygen atoms in total. The zero-order chi connectivity index (χ0) is 21.0. The molecule has 0 atom stereocenters. The lowest BCUT2D eigenvalue weighted by Gasteiger charge is -2.16. The Morgan fingerprint density at radius 2 is 1.80 bits per heavy atom. The van der Waals surface area contributed by atoms with Gasteiger partial charge in [-0.3, -0.25) is 4.79 Å². The molecule has 0 fully saturated rings. The minimum atomic E-state index is -3.65. The van der Waals surface area contributed by atoms with E-state index in [0.717, 1.165) is 36.8 Å². The van der Waals surface area contributed by atoms with E-state index in [9.17, 15) is 13.2 Å². The number of anilines is 1. The molecule has 0 unspecified atom stereocenters. The second-order valence-corrected chi connectivity index (χ2v) is 8.92. The predicted molar refractivity (Wildman–Crippen MR) is 111 cm³/mol. The summed E-state index contributed by atoms with van der Waals surface area (Å²) < 4.78 is 32.7. The van der Waals surface area contributed by atoms with E-state index in [2.05, 4.69) is 20.2 Å². The molecule has 30 heavy (non-hydrogen) atoms. The number of aromatic nitrogens is 2. The number of hydrogen-bond donors (Lipinski definition) is 2. The third-order valence-corrected chi connectivity index (χ3v) is 6.51. The fourth-order valence-electron chi connectivity index (χ4n) is 3.48. The van der Waals surface area contributed by atoms with Crippen molar-refractivity contribution < 1.29 is 17.6 Å².